The molecule has 0 saturated carbocycles. The third kappa shape index (κ3) is 2.81. The molecule has 0 radical (unpaired) electrons. The van der Waals surface area contributed by atoms with Crippen LogP contribution >= 0.6 is 0 Å². The SMILES string of the molecule is O=S(=O)(O)C(F)(C(F)C(F)(F)C(F)(F)C(F)(F)F)C(F)(F)F. The second kappa shape index (κ2) is 5.04. The fourth-order valence-electron chi connectivity index (χ4n) is 1.00. The van der Waals surface area contributed by atoms with Gasteiger partial charge in [-0.1, -0.05) is 0 Å². The highest BCUT2D eigenvalue weighted by atomic mass is 32.2. The van der Waals surface area contributed by atoms with E-state index in [1.165, 1.54) is 0 Å². The van der Waals surface area contributed by atoms with E-state index in [2.05, 4.69) is 0 Å². The van der Waals surface area contributed by atoms with Crippen molar-refractivity contribution in [1.29, 1.82) is 0 Å². The lowest BCUT2D eigenvalue weighted by molar-refractivity contribution is -0.378. The second-order valence-corrected chi connectivity index (χ2v) is 5.22. The van der Waals surface area contributed by atoms with Gasteiger partial charge in [-0.15, -0.1) is 0 Å². The van der Waals surface area contributed by atoms with Crippen molar-refractivity contribution in [2.45, 2.75) is 35.4 Å². The van der Waals surface area contributed by atoms with Gasteiger partial charge >= 0.3 is 39.3 Å². The topological polar surface area (TPSA) is 54.4 Å². The quantitative estimate of drug-likeness (QED) is 0.600. The van der Waals surface area contributed by atoms with Crippen LogP contribution in [0.5, 0.6) is 0 Å². The number of halogens is 12. The first-order valence-corrected chi connectivity index (χ1v) is 5.78. The smallest absolute Gasteiger partial charge is 0.283 e. The molecule has 0 aromatic heterocycles. The average Bonchev–Trinajstić information content (AvgIpc) is 2.21. The molecule has 0 aromatic rings. The highest BCUT2D eigenvalue weighted by Gasteiger charge is 2.85. The molecule has 0 heterocycles. The standard InChI is InChI=1S/C6H2F12O3S/c7-1(2(8,9)4(11,12)6(16,17)18)3(10,5(13,14)15)22(19,20)21/h1H,(H,19,20,21). The molecule has 0 aliphatic heterocycles. The summed E-state index contributed by atoms with van der Waals surface area (Å²) >= 11 is 0. The molecule has 0 aromatic carbocycles. The van der Waals surface area contributed by atoms with Crippen molar-refractivity contribution in [2.24, 2.45) is 0 Å². The minimum Gasteiger partial charge on any atom is -0.283 e. The van der Waals surface area contributed by atoms with Crippen LogP contribution in [0.1, 0.15) is 0 Å². The normalized spacial score (nSPS) is 19.7. The van der Waals surface area contributed by atoms with Crippen molar-refractivity contribution in [3.05, 3.63) is 0 Å². The van der Waals surface area contributed by atoms with E-state index < -0.39 is 45.5 Å². The van der Waals surface area contributed by atoms with Crippen LogP contribution in [-0.2, 0) is 10.1 Å². The van der Waals surface area contributed by atoms with E-state index in [1.54, 1.807) is 0 Å². The van der Waals surface area contributed by atoms with Crippen molar-refractivity contribution in [3.8, 4) is 0 Å². The molecule has 0 fully saturated rings. The van der Waals surface area contributed by atoms with Gasteiger partial charge in [-0.3, -0.25) is 4.55 Å². The van der Waals surface area contributed by atoms with E-state index in [0.29, 0.717) is 0 Å². The van der Waals surface area contributed by atoms with Gasteiger partial charge in [0.1, 0.15) is 0 Å². The van der Waals surface area contributed by atoms with Crippen LogP contribution in [0.4, 0.5) is 52.7 Å². The van der Waals surface area contributed by atoms with Crippen molar-refractivity contribution in [1.82, 2.24) is 0 Å². The zero-order valence-electron chi connectivity index (χ0n) is 9.28. The molecule has 0 aliphatic carbocycles. The molecular formula is C6H2F12O3S. The molecule has 16 heteroatoms. The molecule has 3 nitrogen and oxygen atoms in total. The Morgan fingerprint density at radius 1 is 0.727 bits per heavy atom. The summed E-state index contributed by atoms with van der Waals surface area (Å²) in [4.78, 5) is 0. The van der Waals surface area contributed by atoms with Crippen molar-refractivity contribution in [3.63, 3.8) is 0 Å². The highest BCUT2D eigenvalue weighted by molar-refractivity contribution is 7.87. The maximum absolute atomic E-state index is 13.1. The summed E-state index contributed by atoms with van der Waals surface area (Å²) in [6, 6.07) is 0. The maximum Gasteiger partial charge on any atom is 0.459 e. The minimum atomic E-state index is -7.58. The first-order valence-electron chi connectivity index (χ1n) is 4.34. The summed E-state index contributed by atoms with van der Waals surface area (Å²) in [7, 11) is -7.56. The molecule has 1 N–H and O–H groups in total. The van der Waals surface area contributed by atoms with Crippen LogP contribution in [0.3, 0.4) is 0 Å². The fourth-order valence-corrected chi connectivity index (χ4v) is 1.70. The third-order valence-corrected chi connectivity index (χ3v) is 3.37. The Labute approximate surface area is 112 Å². The van der Waals surface area contributed by atoms with Gasteiger partial charge in [-0.2, -0.15) is 52.3 Å². The van der Waals surface area contributed by atoms with Crippen LogP contribution < -0.4 is 0 Å². The molecule has 2 unspecified atom stereocenters. The summed E-state index contributed by atoms with van der Waals surface area (Å²) < 4.78 is 175. The first kappa shape index (κ1) is 21.1. The highest BCUT2D eigenvalue weighted by Crippen LogP contribution is 2.55. The Balaban J connectivity index is 6.39. The minimum absolute atomic E-state index is 6.33. The van der Waals surface area contributed by atoms with Crippen molar-refractivity contribution < 1.29 is 65.7 Å². The molecule has 0 saturated heterocycles. The van der Waals surface area contributed by atoms with Gasteiger partial charge in [-0.25, -0.2) is 8.78 Å². The van der Waals surface area contributed by atoms with E-state index in [4.69, 9.17) is 4.55 Å². The van der Waals surface area contributed by atoms with Crippen LogP contribution in [0.2, 0.25) is 0 Å². The van der Waals surface area contributed by atoms with Crippen LogP contribution in [0.25, 0.3) is 0 Å². The van der Waals surface area contributed by atoms with Crippen LogP contribution in [0.15, 0.2) is 0 Å². The number of rotatable bonds is 4. The molecule has 2 atom stereocenters. The van der Waals surface area contributed by atoms with E-state index in [0.717, 1.165) is 0 Å². The number of hydrogen-bond donors (Lipinski definition) is 1. The Kier molecular flexibility index (Phi) is 4.82. The van der Waals surface area contributed by atoms with Gasteiger partial charge in [0.2, 0.25) is 6.17 Å². The zero-order chi connectivity index (χ0) is 18.6. The van der Waals surface area contributed by atoms with Gasteiger partial charge < -0.3 is 0 Å². The van der Waals surface area contributed by atoms with E-state index in [-0.39, 0.29) is 0 Å². The van der Waals surface area contributed by atoms with Crippen LogP contribution in [-0.4, -0.2) is 48.3 Å². The Morgan fingerprint density at radius 3 is 1.23 bits per heavy atom. The molecule has 134 valence electrons. The third-order valence-electron chi connectivity index (χ3n) is 2.18. The lowest BCUT2D eigenvalue weighted by Crippen LogP contribution is -2.67. The van der Waals surface area contributed by atoms with Gasteiger partial charge in [0, 0.05) is 0 Å². The van der Waals surface area contributed by atoms with Gasteiger partial charge in [0.05, 0.1) is 0 Å². The summed E-state index contributed by atoms with van der Waals surface area (Å²) in [5, 5.41) is -7.13. The molecule has 0 aliphatic rings. The Morgan fingerprint density at radius 2 is 1.05 bits per heavy atom. The molecule has 0 bridgehead atoms. The summed E-state index contributed by atoms with van der Waals surface area (Å²) in [5.74, 6) is -15.1. The lowest BCUT2D eigenvalue weighted by atomic mass is 10.0. The largest absolute Gasteiger partial charge is 0.459 e. The van der Waals surface area contributed by atoms with Gasteiger partial charge in [0.15, 0.2) is 0 Å². The molecule has 22 heavy (non-hydrogen) atoms. The fraction of sp³-hybridized carbons (Fsp3) is 1.00. The second-order valence-electron chi connectivity index (χ2n) is 3.68. The monoisotopic (exact) mass is 382 g/mol. The van der Waals surface area contributed by atoms with E-state index >= 15 is 0 Å². The summed E-state index contributed by atoms with van der Waals surface area (Å²) in [6.07, 6.45) is -21.0. The number of hydrogen-bond acceptors (Lipinski definition) is 2. The summed E-state index contributed by atoms with van der Waals surface area (Å²) in [5.41, 5.74) is 0. The van der Waals surface area contributed by atoms with Crippen molar-refractivity contribution >= 4 is 10.1 Å². The molecule has 0 rings (SSSR count). The average molecular weight is 382 g/mol. The van der Waals surface area contributed by atoms with Crippen LogP contribution in [0, 0.1) is 0 Å². The van der Waals surface area contributed by atoms with Gasteiger partial charge in [0.25, 0.3) is 0 Å². The predicted molar refractivity (Wildman–Crippen MR) is 42.3 cm³/mol. The van der Waals surface area contributed by atoms with E-state index in [1.807, 2.05) is 0 Å². The molecule has 0 amide bonds. The number of alkyl halides is 12. The summed E-state index contributed by atoms with van der Waals surface area (Å²) in [6.45, 7) is 0. The Hall–Kier alpha value is -0.930. The zero-order valence-corrected chi connectivity index (χ0v) is 10.1. The lowest BCUT2D eigenvalue weighted by Gasteiger charge is -2.36. The van der Waals surface area contributed by atoms with Gasteiger partial charge in [-0.05, 0) is 0 Å². The first-order chi connectivity index (χ1) is 9.15. The maximum atomic E-state index is 13.1. The molecular weight excluding hydrogens is 380 g/mol. The Bertz CT molecular complexity index is 518. The molecule has 0 spiro atoms. The van der Waals surface area contributed by atoms with Crippen molar-refractivity contribution in [2.75, 3.05) is 0 Å². The predicted octanol–water partition coefficient (Wildman–Crippen LogP) is 3.27. The van der Waals surface area contributed by atoms with E-state index in [9.17, 15) is 61.1 Å².